The van der Waals surface area contributed by atoms with Crippen molar-refractivity contribution in [2.45, 2.75) is 4.90 Å². The Labute approximate surface area is 136 Å². The van der Waals surface area contributed by atoms with Gasteiger partial charge in [0.05, 0.1) is 16.5 Å². The van der Waals surface area contributed by atoms with E-state index in [-0.39, 0.29) is 0 Å². The fourth-order valence-electron chi connectivity index (χ4n) is 2.55. The van der Waals surface area contributed by atoms with E-state index in [4.69, 9.17) is 13.9 Å². The molecule has 0 saturated carbocycles. The highest BCUT2D eigenvalue weighted by molar-refractivity contribution is 7.98. The zero-order valence-electron chi connectivity index (χ0n) is 12.4. The lowest BCUT2D eigenvalue weighted by atomic mass is 10.2. The summed E-state index contributed by atoms with van der Waals surface area (Å²) >= 11 is 1.58. The molecule has 0 aliphatic carbocycles. The van der Waals surface area contributed by atoms with Crippen LogP contribution in [-0.4, -0.2) is 24.5 Å². The summed E-state index contributed by atoms with van der Waals surface area (Å²) in [6.45, 7) is 0.957. The normalized spacial score (nSPS) is 13.3. The molecule has 1 aromatic heterocycles. The number of hydrogen-bond acceptors (Lipinski definition) is 6. The van der Waals surface area contributed by atoms with Crippen LogP contribution in [0.25, 0.3) is 22.4 Å². The highest BCUT2D eigenvalue weighted by atomic mass is 32.2. The molecular formula is C17H13NO4S. The van der Waals surface area contributed by atoms with E-state index < -0.39 is 5.63 Å². The lowest BCUT2D eigenvalue weighted by molar-refractivity contribution is 0.172. The fourth-order valence-corrected chi connectivity index (χ4v) is 3.14. The van der Waals surface area contributed by atoms with E-state index in [0.29, 0.717) is 41.5 Å². The summed E-state index contributed by atoms with van der Waals surface area (Å²) in [5.74, 6) is 1.46. The predicted octanol–water partition coefficient (Wildman–Crippen LogP) is 3.35. The molecule has 0 spiro atoms. The number of ether oxygens (including phenoxy) is 2. The van der Waals surface area contributed by atoms with Gasteiger partial charge in [0.25, 0.3) is 0 Å². The van der Waals surface area contributed by atoms with Crippen LogP contribution in [0.15, 0.2) is 50.5 Å². The highest BCUT2D eigenvalue weighted by Gasteiger charge is 2.17. The molecule has 4 rings (SSSR count). The molecule has 0 bridgehead atoms. The van der Waals surface area contributed by atoms with Crippen LogP contribution in [0.2, 0.25) is 0 Å². The van der Waals surface area contributed by atoms with Gasteiger partial charge in [-0.2, -0.15) is 0 Å². The van der Waals surface area contributed by atoms with Gasteiger partial charge in [-0.3, -0.25) is 0 Å². The van der Waals surface area contributed by atoms with Crippen LogP contribution in [0, 0.1) is 0 Å². The minimum atomic E-state index is -0.433. The summed E-state index contributed by atoms with van der Waals surface area (Å²) in [6.07, 6.45) is 1.97. The first-order valence-electron chi connectivity index (χ1n) is 7.14. The van der Waals surface area contributed by atoms with Crippen LogP contribution in [0.3, 0.4) is 0 Å². The third kappa shape index (κ3) is 2.45. The van der Waals surface area contributed by atoms with Gasteiger partial charge in [-0.25, -0.2) is 9.78 Å². The molecule has 116 valence electrons. The van der Waals surface area contributed by atoms with Crippen LogP contribution in [0.4, 0.5) is 0 Å². The van der Waals surface area contributed by atoms with Crippen molar-refractivity contribution in [2.24, 2.45) is 0 Å². The van der Waals surface area contributed by atoms with Crippen molar-refractivity contribution in [1.82, 2.24) is 4.98 Å². The summed E-state index contributed by atoms with van der Waals surface area (Å²) in [5, 5.41) is 0.389. The van der Waals surface area contributed by atoms with Crippen LogP contribution >= 0.6 is 11.8 Å². The molecule has 0 unspecified atom stereocenters. The Morgan fingerprint density at radius 2 is 1.83 bits per heavy atom. The minimum Gasteiger partial charge on any atom is -0.486 e. The molecule has 1 aliphatic heterocycles. The van der Waals surface area contributed by atoms with Crippen molar-refractivity contribution in [1.29, 1.82) is 0 Å². The van der Waals surface area contributed by atoms with Gasteiger partial charge in [-0.05, 0) is 18.4 Å². The number of nitrogens with zero attached hydrogens (tertiary/aromatic N) is 1. The molecule has 1 aliphatic rings. The number of rotatable bonds is 2. The van der Waals surface area contributed by atoms with Gasteiger partial charge >= 0.3 is 5.63 Å². The molecule has 6 heteroatoms. The van der Waals surface area contributed by atoms with E-state index >= 15 is 0 Å². The number of aromatic nitrogens is 1. The van der Waals surface area contributed by atoms with Gasteiger partial charge < -0.3 is 13.9 Å². The SMILES string of the molecule is CSc1ccccc1-c1nc2cc3c(cc2c(=O)o1)OCCO3. The van der Waals surface area contributed by atoms with E-state index in [1.807, 2.05) is 30.5 Å². The Morgan fingerprint density at radius 1 is 1.09 bits per heavy atom. The van der Waals surface area contributed by atoms with Crippen molar-refractivity contribution in [3.8, 4) is 23.0 Å². The molecule has 2 aromatic carbocycles. The molecular weight excluding hydrogens is 314 g/mol. The zero-order chi connectivity index (χ0) is 15.8. The van der Waals surface area contributed by atoms with E-state index in [1.54, 1.807) is 23.9 Å². The number of hydrogen-bond donors (Lipinski definition) is 0. The molecule has 0 radical (unpaired) electrons. The van der Waals surface area contributed by atoms with Crippen molar-refractivity contribution in [3.05, 3.63) is 46.8 Å². The number of fused-ring (bicyclic) bond motifs is 2. The predicted molar refractivity (Wildman–Crippen MR) is 88.5 cm³/mol. The maximum absolute atomic E-state index is 12.3. The molecule has 23 heavy (non-hydrogen) atoms. The van der Waals surface area contributed by atoms with Gasteiger partial charge in [0.1, 0.15) is 13.2 Å². The van der Waals surface area contributed by atoms with E-state index in [0.717, 1.165) is 10.5 Å². The molecule has 0 N–H and O–H groups in total. The van der Waals surface area contributed by atoms with Crippen molar-refractivity contribution in [2.75, 3.05) is 19.5 Å². The summed E-state index contributed by atoms with van der Waals surface area (Å²) in [5.41, 5.74) is 0.906. The minimum absolute atomic E-state index is 0.309. The van der Waals surface area contributed by atoms with E-state index in [9.17, 15) is 4.79 Å². The van der Waals surface area contributed by atoms with Gasteiger partial charge in [0, 0.05) is 17.0 Å². The Balaban J connectivity index is 1.94. The Hall–Kier alpha value is -2.47. The van der Waals surface area contributed by atoms with E-state index in [1.165, 1.54) is 0 Å². The Bertz CT molecular complexity index is 951. The second-order valence-electron chi connectivity index (χ2n) is 5.02. The first-order valence-corrected chi connectivity index (χ1v) is 8.36. The van der Waals surface area contributed by atoms with Crippen LogP contribution in [0.1, 0.15) is 0 Å². The number of thioether (sulfide) groups is 1. The zero-order valence-corrected chi connectivity index (χ0v) is 13.2. The van der Waals surface area contributed by atoms with Gasteiger partial charge in [0.2, 0.25) is 5.89 Å². The first kappa shape index (κ1) is 14.1. The van der Waals surface area contributed by atoms with Gasteiger partial charge in [-0.15, -0.1) is 11.8 Å². The molecule has 0 atom stereocenters. The summed E-state index contributed by atoms with van der Waals surface area (Å²) in [6, 6.07) is 11.1. The standard InChI is InChI=1S/C17H13NO4S/c1-23-15-5-3-2-4-10(15)16-18-12-9-14-13(20-6-7-21-14)8-11(12)17(19)22-16/h2-5,8-9H,6-7H2,1H3. The maximum atomic E-state index is 12.3. The number of benzene rings is 2. The average molecular weight is 327 g/mol. The summed E-state index contributed by atoms with van der Waals surface area (Å²) < 4.78 is 16.5. The Kier molecular flexibility index (Phi) is 3.46. The smallest absolute Gasteiger partial charge is 0.347 e. The van der Waals surface area contributed by atoms with Crippen molar-refractivity contribution < 1.29 is 13.9 Å². The lowest BCUT2D eigenvalue weighted by Gasteiger charge is -2.18. The third-order valence-corrected chi connectivity index (χ3v) is 4.42. The molecule has 0 amide bonds. The summed E-state index contributed by atoms with van der Waals surface area (Å²) in [4.78, 5) is 17.9. The maximum Gasteiger partial charge on any atom is 0.347 e. The van der Waals surface area contributed by atoms with Crippen LogP contribution in [-0.2, 0) is 0 Å². The second kappa shape index (κ2) is 5.62. The first-order chi connectivity index (χ1) is 11.3. The van der Waals surface area contributed by atoms with Gasteiger partial charge in [-0.1, -0.05) is 12.1 Å². The molecule has 5 nitrogen and oxygen atoms in total. The topological polar surface area (TPSA) is 61.6 Å². The fraction of sp³-hybridized carbons (Fsp3) is 0.176. The Morgan fingerprint density at radius 3 is 2.61 bits per heavy atom. The molecule has 3 aromatic rings. The molecule has 2 heterocycles. The van der Waals surface area contributed by atoms with Crippen LogP contribution < -0.4 is 15.1 Å². The second-order valence-corrected chi connectivity index (χ2v) is 5.87. The van der Waals surface area contributed by atoms with Gasteiger partial charge in [0.15, 0.2) is 11.5 Å². The largest absolute Gasteiger partial charge is 0.486 e. The molecule has 0 saturated heterocycles. The van der Waals surface area contributed by atoms with Crippen LogP contribution in [0.5, 0.6) is 11.5 Å². The van der Waals surface area contributed by atoms with Crippen molar-refractivity contribution in [3.63, 3.8) is 0 Å². The molecule has 0 fully saturated rings. The average Bonchev–Trinajstić information content (AvgIpc) is 2.60. The van der Waals surface area contributed by atoms with E-state index in [2.05, 4.69) is 4.98 Å². The summed E-state index contributed by atoms with van der Waals surface area (Å²) in [7, 11) is 0. The van der Waals surface area contributed by atoms with Crippen molar-refractivity contribution >= 4 is 22.7 Å². The third-order valence-electron chi connectivity index (χ3n) is 3.63. The lowest BCUT2D eigenvalue weighted by Crippen LogP contribution is -2.16. The highest BCUT2D eigenvalue weighted by Crippen LogP contribution is 2.34. The monoisotopic (exact) mass is 327 g/mol. The quantitative estimate of drug-likeness (QED) is 0.673.